The third-order valence-electron chi connectivity index (χ3n) is 4.98. The Bertz CT molecular complexity index is 1150. The van der Waals surface area contributed by atoms with Crippen molar-refractivity contribution in [1.82, 2.24) is 5.32 Å². The highest BCUT2D eigenvalue weighted by molar-refractivity contribution is 5.99. The number of aryl methyl sites for hydroxylation is 2. The molecule has 2 aromatic carbocycles. The molecule has 2 aromatic rings. The van der Waals surface area contributed by atoms with Gasteiger partial charge in [0.1, 0.15) is 18.9 Å². The molecule has 178 valence electrons. The number of aliphatic carboxylic acids is 1. The Balaban J connectivity index is 2.14. The van der Waals surface area contributed by atoms with E-state index >= 15 is 0 Å². The SMILES string of the molecule is CCC(=O)N(CC(=O)NCC(=O)O)c1cc(C)c(C#CCNc2ccc(C(=N)N)cc2)cc1C. The number of hydrogen-bond acceptors (Lipinski definition) is 5. The zero-order valence-corrected chi connectivity index (χ0v) is 19.5. The minimum absolute atomic E-state index is 0.0146. The molecule has 2 amide bonds. The molecular formula is C25H29N5O4. The van der Waals surface area contributed by atoms with Crippen molar-refractivity contribution in [2.75, 3.05) is 29.9 Å². The van der Waals surface area contributed by atoms with Crippen molar-refractivity contribution in [3.05, 3.63) is 58.7 Å². The molecule has 0 aliphatic carbocycles. The summed E-state index contributed by atoms with van der Waals surface area (Å²) in [4.78, 5) is 36.7. The van der Waals surface area contributed by atoms with Gasteiger partial charge in [-0.05, 0) is 61.4 Å². The van der Waals surface area contributed by atoms with E-state index in [-0.39, 0.29) is 24.7 Å². The van der Waals surface area contributed by atoms with E-state index in [4.69, 9.17) is 16.2 Å². The van der Waals surface area contributed by atoms with Crippen molar-refractivity contribution in [3.8, 4) is 11.8 Å². The summed E-state index contributed by atoms with van der Waals surface area (Å²) in [7, 11) is 0. The number of anilines is 2. The average Bonchev–Trinajstić information content (AvgIpc) is 2.80. The summed E-state index contributed by atoms with van der Waals surface area (Å²) in [6, 6.07) is 10.9. The highest BCUT2D eigenvalue weighted by Crippen LogP contribution is 2.25. The summed E-state index contributed by atoms with van der Waals surface area (Å²) >= 11 is 0. The van der Waals surface area contributed by atoms with Gasteiger partial charge in [-0.15, -0.1) is 0 Å². The summed E-state index contributed by atoms with van der Waals surface area (Å²) in [6.45, 7) is 5.04. The number of nitrogens with one attached hydrogen (secondary N) is 3. The summed E-state index contributed by atoms with van der Waals surface area (Å²) in [5, 5.41) is 21.6. The lowest BCUT2D eigenvalue weighted by Gasteiger charge is -2.24. The van der Waals surface area contributed by atoms with Gasteiger partial charge in [-0.2, -0.15) is 0 Å². The lowest BCUT2D eigenvalue weighted by atomic mass is 10.0. The van der Waals surface area contributed by atoms with Crippen molar-refractivity contribution in [2.45, 2.75) is 27.2 Å². The second-order valence-electron chi connectivity index (χ2n) is 7.60. The van der Waals surface area contributed by atoms with Gasteiger partial charge in [0.05, 0.1) is 6.54 Å². The number of nitrogens with zero attached hydrogens (tertiary/aromatic N) is 1. The molecule has 6 N–H and O–H groups in total. The number of hydrogen-bond donors (Lipinski definition) is 5. The molecule has 2 rings (SSSR count). The fourth-order valence-corrected chi connectivity index (χ4v) is 3.15. The largest absolute Gasteiger partial charge is 0.480 e. The number of rotatable bonds is 9. The van der Waals surface area contributed by atoms with Crippen LogP contribution in [0, 0.1) is 31.1 Å². The Labute approximate surface area is 198 Å². The second-order valence-corrected chi connectivity index (χ2v) is 7.60. The highest BCUT2D eigenvalue weighted by atomic mass is 16.4. The lowest BCUT2D eigenvalue weighted by Crippen LogP contribution is -2.42. The molecule has 0 radical (unpaired) electrons. The van der Waals surface area contributed by atoms with E-state index in [0.29, 0.717) is 17.8 Å². The summed E-state index contributed by atoms with van der Waals surface area (Å²) in [6.07, 6.45) is 0.200. The van der Waals surface area contributed by atoms with Crippen LogP contribution in [-0.4, -0.2) is 48.4 Å². The lowest BCUT2D eigenvalue weighted by molar-refractivity contribution is -0.137. The molecule has 0 fully saturated rings. The van der Waals surface area contributed by atoms with Gasteiger partial charge < -0.3 is 26.4 Å². The Morgan fingerprint density at radius 1 is 1.12 bits per heavy atom. The van der Waals surface area contributed by atoms with Gasteiger partial charge in [-0.25, -0.2) is 0 Å². The maximum Gasteiger partial charge on any atom is 0.322 e. The van der Waals surface area contributed by atoms with E-state index in [1.165, 1.54) is 4.90 Å². The third kappa shape index (κ3) is 7.38. The fourth-order valence-electron chi connectivity index (χ4n) is 3.15. The van der Waals surface area contributed by atoms with Crippen LogP contribution in [0.5, 0.6) is 0 Å². The summed E-state index contributed by atoms with van der Waals surface area (Å²) in [5.41, 5.74) is 9.97. The van der Waals surface area contributed by atoms with Gasteiger partial charge in [0.2, 0.25) is 11.8 Å². The normalized spacial score (nSPS) is 9.97. The average molecular weight is 464 g/mol. The van der Waals surface area contributed by atoms with Crippen LogP contribution in [-0.2, 0) is 14.4 Å². The van der Waals surface area contributed by atoms with Crippen LogP contribution in [0.1, 0.15) is 35.6 Å². The quantitative estimate of drug-likeness (QED) is 0.218. The molecule has 0 spiro atoms. The van der Waals surface area contributed by atoms with Crippen LogP contribution in [0.25, 0.3) is 0 Å². The van der Waals surface area contributed by atoms with Gasteiger partial charge in [-0.1, -0.05) is 18.8 Å². The number of carboxylic acid groups (broad SMARTS) is 1. The Hall–Kier alpha value is -4.32. The van der Waals surface area contributed by atoms with Crippen LogP contribution < -0.4 is 21.3 Å². The van der Waals surface area contributed by atoms with E-state index < -0.39 is 18.4 Å². The first kappa shape index (κ1) is 25.9. The van der Waals surface area contributed by atoms with Gasteiger partial charge in [0, 0.05) is 28.9 Å². The van der Waals surface area contributed by atoms with Gasteiger partial charge in [0.15, 0.2) is 0 Å². The zero-order chi connectivity index (χ0) is 25.3. The van der Waals surface area contributed by atoms with Gasteiger partial charge in [-0.3, -0.25) is 19.8 Å². The number of carbonyl (C=O) groups excluding carboxylic acids is 2. The Morgan fingerprint density at radius 2 is 1.79 bits per heavy atom. The van der Waals surface area contributed by atoms with Crippen molar-refractivity contribution < 1.29 is 19.5 Å². The predicted molar refractivity (Wildman–Crippen MR) is 132 cm³/mol. The van der Waals surface area contributed by atoms with E-state index in [1.54, 1.807) is 19.1 Å². The molecule has 9 nitrogen and oxygen atoms in total. The Morgan fingerprint density at radius 3 is 2.38 bits per heavy atom. The first-order valence-corrected chi connectivity index (χ1v) is 10.7. The smallest absolute Gasteiger partial charge is 0.322 e. The number of nitrogens with two attached hydrogens (primary N) is 1. The fraction of sp³-hybridized carbons (Fsp3) is 0.280. The van der Waals surface area contributed by atoms with E-state index in [1.807, 2.05) is 38.1 Å². The molecule has 0 aliphatic rings. The predicted octanol–water partition coefficient (Wildman–Crippen LogP) is 1.99. The van der Waals surface area contributed by atoms with Crippen molar-refractivity contribution in [1.29, 1.82) is 5.41 Å². The van der Waals surface area contributed by atoms with Crippen LogP contribution >= 0.6 is 0 Å². The van der Waals surface area contributed by atoms with Gasteiger partial charge >= 0.3 is 5.97 Å². The van der Waals surface area contributed by atoms with Crippen LogP contribution in [0.15, 0.2) is 36.4 Å². The van der Waals surface area contributed by atoms with Crippen LogP contribution in [0.3, 0.4) is 0 Å². The van der Waals surface area contributed by atoms with E-state index in [0.717, 1.165) is 22.4 Å². The topological polar surface area (TPSA) is 149 Å². The molecule has 34 heavy (non-hydrogen) atoms. The maximum absolute atomic E-state index is 12.5. The standard InChI is InChI=1S/C25H29N5O4/c1-4-23(32)30(15-22(31)29-14-24(33)34)21-13-16(2)19(12-17(21)3)6-5-11-28-20-9-7-18(8-10-20)25(26)27/h7-10,12-13,28H,4,11,14-15H2,1-3H3,(H3,26,27)(H,29,31)(H,33,34). The first-order chi connectivity index (χ1) is 16.1. The molecule has 0 unspecified atom stereocenters. The number of carbonyl (C=O) groups is 3. The molecule has 0 bridgehead atoms. The third-order valence-corrected chi connectivity index (χ3v) is 4.98. The highest BCUT2D eigenvalue weighted by Gasteiger charge is 2.20. The number of amidine groups is 1. The molecule has 0 saturated carbocycles. The number of benzene rings is 2. The van der Waals surface area contributed by atoms with Crippen molar-refractivity contribution >= 4 is 35.0 Å². The molecule has 0 saturated heterocycles. The molecule has 0 heterocycles. The maximum atomic E-state index is 12.5. The molecule has 0 atom stereocenters. The minimum Gasteiger partial charge on any atom is -0.480 e. The summed E-state index contributed by atoms with van der Waals surface area (Å²) < 4.78 is 0. The van der Waals surface area contributed by atoms with E-state index in [9.17, 15) is 14.4 Å². The minimum atomic E-state index is -1.15. The summed E-state index contributed by atoms with van der Waals surface area (Å²) in [5.74, 6) is 4.26. The van der Waals surface area contributed by atoms with Crippen molar-refractivity contribution in [2.24, 2.45) is 5.73 Å². The monoisotopic (exact) mass is 463 g/mol. The van der Waals surface area contributed by atoms with Gasteiger partial charge in [0.25, 0.3) is 0 Å². The van der Waals surface area contributed by atoms with Crippen molar-refractivity contribution in [3.63, 3.8) is 0 Å². The Kier molecular flexibility index (Phi) is 9.20. The number of amides is 2. The molecule has 0 aliphatic heterocycles. The molecular weight excluding hydrogens is 434 g/mol. The second kappa shape index (κ2) is 12.1. The molecule has 9 heteroatoms. The number of nitrogen functional groups attached to an aromatic ring is 1. The molecule has 0 aromatic heterocycles. The number of carboxylic acids is 1. The van der Waals surface area contributed by atoms with Crippen LogP contribution in [0.2, 0.25) is 0 Å². The zero-order valence-electron chi connectivity index (χ0n) is 19.5. The first-order valence-electron chi connectivity index (χ1n) is 10.7. The van der Waals surface area contributed by atoms with Crippen LogP contribution in [0.4, 0.5) is 11.4 Å². The van der Waals surface area contributed by atoms with E-state index in [2.05, 4.69) is 22.5 Å².